The van der Waals surface area contributed by atoms with Crippen LogP contribution >= 0.6 is 0 Å². The van der Waals surface area contributed by atoms with Crippen LogP contribution in [0.15, 0.2) is 91.1 Å². The largest absolute Gasteiger partial charge is 0.494 e. The molecule has 1 saturated heterocycles. The fourth-order valence-corrected chi connectivity index (χ4v) is 6.14. The predicted octanol–water partition coefficient (Wildman–Crippen LogP) is 5.95. The van der Waals surface area contributed by atoms with Crippen molar-refractivity contribution in [2.24, 2.45) is 0 Å². The summed E-state index contributed by atoms with van der Waals surface area (Å²) < 4.78 is 7.63. The molecule has 1 aliphatic rings. The number of nitrogens with one attached hydrogen (secondary N) is 1. The summed E-state index contributed by atoms with van der Waals surface area (Å²) in [5.41, 5.74) is 3.80. The minimum Gasteiger partial charge on any atom is -0.494 e. The Morgan fingerprint density at radius 1 is 0.958 bits per heavy atom. The molecule has 2 amide bonds. The first-order valence-corrected chi connectivity index (χ1v) is 16.1. The van der Waals surface area contributed by atoms with E-state index in [1.807, 2.05) is 110 Å². The fourth-order valence-electron chi connectivity index (χ4n) is 6.14. The number of carbonyl (C=O) groups excluding carboxylic acids is 2. The van der Waals surface area contributed by atoms with Gasteiger partial charge in [0.25, 0.3) is 5.91 Å². The Hall–Kier alpha value is -5.64. The van der Waals surface area contributed by atoms with E-state index in [4.69, 9.17) is 9.72 Å². The van der Waals surface area contributed by atoms with Gasteiger partial charge in [-0.25, -0.2) is 9.78 Å². The minimum absolute atomic E-state index is 0.144. The van der Waals surface area contributed by atoms with Crippen molar-refractivity contribution in [3.05, 3.63) is 108 Å². The Labute approximate surface area is 279 Å². The van der Waals surface area contributed by atoms with Crippen LogP contribution in [0.4, 0.5) is 5.69 Å². The number of amides is 2. The lowest BCUT2D eigenvalue weighted by Gasteiger charge is -2.41. The van der Waals surface area contributed by atoms with Gasteiger partial charge in [-0.05, 0) is 62.7 Å². The monoisotopic (exact) mass is 645 g/mol. The van der Waals surface area contributed by atoms with Gasteiger partial charge in [0.05, 0.1) is 17.9 Å². The summed E-state index contributed by atoms with van der Waals surface area (Å²) in [5.74, 6) is -0.386. The maximum Gasteiger partial charge on any atom is 0.336 e. The van der Waals surface area contributed by atoms with Crippen LogP contribution in [0.5, 0.6) is 5.75 Å². The number of nitrogens with zero attached hydrogens (tertiary/aromatic N) is 4. The summed E-state index contributed by atoms with van der Waals surface area (Å²) in [7, 11) is 0. The lowest BCUT2D eigenvalue weighted by molar-refractivity contribution is -0.126. The minimum atomic E-state index is -1.03. The van der Waals surface area contributed by atoms with Crippen LogP contribution in [0.1, 0.15) is 47.2 Å². The van der Waals surface area contributed by atoms with Crippen molar-refractivity contribution in [3.8, 4) is 22.8 Å². The van der Waals surface area contributed by atoms with Gasteiger partial charge in [-0.1, -0.05) is 60.2 Å². The summed E-state index contributed by atoms with van der Waals surface area (Å²) >= 11 is 0. The van der Waals surface area contributed by atoms with Crippen LogP contribution in [0, 0.1) is 6.92 Å². The average molecular weight is 646 g/mol. The van der Waals surface area contributed by atoms with Crippen LogP contribution < -0.4 is 15.0 Å². The number of hydrogen-bond acceptors (Lipinski definition) is 6. The molecule has 1 atom stereocenters. The van der Waals surface area contributed by atoms with E-state index in [0.717, 1.165) is 22.2 Å². The first kappa shape index (κ1) is 32.3. The van der Waals surface area contributed by atoms with Gasteiger partial charge in [-0.2, -0.15) is 0 Å². The molecule has 2 N–H and O–H groups in total. The van der Waals surface area contributed by atoms with E-state index in [9.17, 15) is 19.5 Å². The van der Waals surface area contributed by atoms with E-state index < -0.39 is 12.0 Å². The first-order chi connectivity index (χ1) is 23.1. The molecule has 0 saturated carbocycles. The second kappa shape index (κ2) is 13.6. The Morgan fingerprint density at radius 2 is 1.73 bits per heavy atom. The zero-order chi connectivity index (χ0) is 33.9. The molecule has 0 spiro atoms. The number of aromatic nitrogens is 2. The van der Waals surface area contributed by atoms with Crippen molar-refractivity contribution in [2.45, 2.75) is 39.8 Å². The average Bonchev–Trinajstić information content (AvgIpc) is 3.53. The van der Waals surface area contributed by atoms with Crippen molar-refractivity contribution in [3.63, 3.8) is 0 Å². The number of fused-ring (bicyclic) bond motifs is 1. The lowest BCUT2D eigenvalue weighted by atomic mass is 10.0. The number of hydrogen-bond donors (Lipinski definition) is 2. The molecule has 6 rings (SSSR count). The number of rotatable bonds is 9. The van der Waals surface area contributed by atoms with Gasteiger partial charge in [-0.15, -0.1) is 0 Å². The van der Waals surface area contributed by atoms with Gasteiger partial charge >= 0.3 is 5.97 Å². The van der Waals surface area contributed by atoms with Crippen LogP contribution in [0.3, 0.4) is 0 Å². The Kier molecular flexibility index (Phi) is 9.16. The highest BCUT2D eigenvalue weighted by Crippen LogP contribution is 2.30. The van der Waals surface area contributed by atoms with Crippen LogP contribution in [-0.4, -0.2) is 75.7 Å². The molecule has 0 radical (unpaired) electrons. The third-order valence-electron chi connectivity index (χ3n) is 8.46. The van der Waals surface area contributed by atoms with E-state index in [2.05, 4.69) is 5.32 Å². The fraction of sp³-hybridized carbons (Fsp3) is 0.263. The molecule has 10 heteroatoms. The van der Waals surface area contributed by atoms with E-state index in [1.54, 1.807) is 23.2 Å². The summed E-state index contributed by atoms with van der Waals surface area (Å²) in [6.45, 7) is 9.02. The number of aryl methyl sites for hydroxylation is 1. The number of benzene rings is 4. The van der Waals surface area contributed by atoms with Crippen LogP contribution in [-0.2, 0) is 4.79 Å². The Bertz CT molecular complexity index is 1980. The molecule has 1 aromatic heterocycles. The number of anilines is 1. The molecule has 2 heterocycles. The Balaban J connectivity index is 1.37. The molecule has 0 bridgehead atoms. The van der Waals surface area contributed by atoms with Crippen molar-refractivity contribution in [1.82, 2.24) is 19.8 Å². The second-order valence-corrected chi connectivity index (χ2v) is 12.3. The molecule has 48 heavy (non-hydrogen) atoms. The number of carbonyl (C=O) groups is 3. The zero-order valence-electron chi connectivity index (χ0n) is 27.5. The molecule has 1 fully saturated rings. The third kappa shape index (κ3) is 6.60. The van der Waals surface area contributed by atoms with Gasteiger partial charge in [-0.3, -0.25) is 14.2 Å². The van der Waals surface area contributed by atoms with Gasteiger partial charge < -0.3 is 25.0 Å². The molecule has 0 unspecified atom stereocenters. The Morgan fingerprint density at radius 3 is 2.46 bits per heavy atom. The highest BCUT2D eigenvalue weighted by Gasteiger charge is 2.37. The summed E-state index contributed by atoms with van der Waals surface area (Å²) in [4.78, 5) is 48.7. The predicted molar refractivity (Wildman–Crippen MR) is 186 cm³/mol. The zero-order valence-corrected chi connectivity index (χ0v) is 27.5. The molecule has 0 aliphatic carbocycles. The molecular weight excluding hydrogens is 606 g/mol. The van der Waals surface area contributed by atoms with Gasteiger partial charge in [0.1, 0.15) is 23.3 Å². The van der Waals surface area contributed by atoms with Gasteiger partial charge in [0.2, 0.25) is 5.91 Å². The van der Waals surface area contributed by atoms with Crippen LogP contribution in [0.2, 0.25) is 0 Å². The highest BCUT2D eigenvalue weighted by atomic mass is 16.5. The molecule has 10 nitrogen and oxygen atoms in total. The molecule has 4 aromatic carbocycles. The SMILES string of the molecule is CCOc1cccc(-n2cc(C(=O)N3CCN(c4cc(C(=O)O)c5ccccc5c4)C[C@H]3C(=O)NC(C)C)nc2-c2ccc(C)cc2)c1. The summed E-state index contributed by atoms with van der Waals surface area (Å²) in [6.07, 6.45) is 1.72. The normalized spacial score (nSPS) is 14.7. The number of piperazine rings is 1. The van der Waals surface area contributed by atoms with Crippen molar-refractivity contribution >= 4 is 34.2 Å². The number of aromatic carboxylic acids is 1. The smallest absolute Gasteiger partial charge is 0.336 e. The van der Waals surface area contributed by atoms with Crippen molar-refractivity contribution < 1.29 is 24.2 Å². The molecule has 246 valence electrons. The topological polar surface area (TPSA) is 117 Å². The maximum atomic E-state index is 14.4. The van der Waals surface area contributed by atoms with E-state index >= 15 is 0 Å². The number of carboxylic acids is 1. The van der Waals surface area contributed by atoms with Crippen molar-refractivity contribution in [2.75, 3.05) is 31.1 Å². The van der Waals surface area contributed by atoms with Gasteiger partial charge in [0.15, 0.2) is 0 Å². The van der Waals surface area contributed by atoms with E-state index in [-0.39, 0.29) is 42.2 Å². The lowest BCUT2D eigenvalue weighted by Crippen LogP contribution is -2.61. The number of imidazole rings is 1. The van der Waals surface area contributed by atoms with E-state index in [1.165, 1.54) is 0 Å². The standard InChI is InChI=1S/C38H39N5O5/c1-5-48-30-11-8-10-28(20-30)43-22-33(40-35(43)26-15-13-25(4)14-16-26)37(45)42-18-17-41(23-34(42)36(44)39-24(2)3)29-19-27-9-6-7-12-31(27)32(21-29)38(46)47/h6-16,19-22,24,34H,5,17-18,23H2,1-4H3,(H,39,44)(H,46,47)/t34-/m0/s1. The van der Waals surface area contributed by atoms with E-state index in [0.29, 0.717) is 35.8 Å². The van der Waals surface area contributed by atoms with Crippen LogP contribution in [0.25, 0.3) is 27.8 Å². The molecular formula is C38H39N5O5. The molecule has 5 aromatic rings. The van der Waals surface area contributed by atoms with Crippen molar-refractivity contribution in [1.29, 1.82) is 0 Å². The second-order valence-electron chi connectivity index (χ2n) is 12.3. The highest BCUT2D eigenvalue weighted by molar-refractivity contribution is 6.05. The maximum absolute atomic E-state index is 14.4. The quantitative estimate of drug-likeness (QED) is 0.203. The number of ether oxygens (including phenoxy) is 1. The molecule has 1 aliphatic heterocycles. The summed E-state index contributed by atoms with van der Waals surface area (Å²) in [5, 5.41) is 14.4. The summed E-state index contributed by atoms with van der Waals surface area (Å²) in [6, 6.07) is 25.5. The van der Waals surface area contributed by atoms with Gasteiger partial charge in [0, 0.05) is 49.2 Å². The number of carboxylic acid groups (broad SMARTS) is 1. The first-order valence-electron chi connectivity index (χ1n) is 16.1. The third-order valence-corrected chi connectivity index (χ3v) is 8.46.